The molecule has 1 fully saturated rings. The second-order valence-corrected chi connectivity index (χ2v) is 11.2. The highest BCUT2D eigenvalue weighted by Crippen LogP contribution is 2.37. The lowest BCUT2D eigenvalue weighted by Crippen LogP contribution is -2.55. The standard InChI is InChI=1S/C26H41N4O9P/c1-27-26(35)30-22(17-19-10-12-20(13-11-19)39-40(36,37)38)25(34)29-21(14-15-23(31)32)24(33)28-16-6-5-9-18-7-3-2-4-8-18/h10-13,18,21-22H,2-9,14-17H2,1H3,(H,28,33)(H,29,34)(H,31,32)(H2,27,30,35)(H2,36,37,38). The van der Waals surface area contributed by atoms with E-state index in [9.17, 15) is 23.7 Å². The second-order valence-electron chi connectivity index (χ2n) is 9.99. The number of carboxylic acids is 1. The molecule has 4 amide bonds. The van der Waals surface area contributed by atoms with Crippen molar-refractivity contribution in [2.45, 2.75) is 82.7 Å². The van der Waals surface area contributed by atoms with Gasteiger partial charge in [-0.05, 0) is 36.5 Å². The van der Waals surface area contributed by atoms with E-state index in [2.05, 4.69) is 25.8 Å². The molecule has 0 saturated heterocycles. The minimum Gasteiger partial charge on any atom is -0.481 e. The van der Waals surface area contributed by atoms with Crippen LogP contribution in [0.3, 0.4) is 0 Å². The Bertz CT molecular complexity index is 1030. The lowest BCUT2D eigenvalue weighted by Gasteiger charge is -2.23. The molecule has 40 heavy (non-hydrogen) atoms. The van der Waals surface area contributed by atoms with Crippen molar-refractivity contribution in [3.05, 3.63) is 29.8 Å². The molecule has 1 aliphatic carbocycles. The van der Waals surface area contributed by atoms with Crippen LogP contribution in [0.15, 0.2) is 24.3 Å². The summed E-state index contributed by atoms with van der Waals surface area (Å²) in [4.78, 5) is 67.1. The molecule has 2 unspecified atom stereocenters. The van der Waals surface area contributed by atoms with Gasteiger partial charge in [0.2, 0.25) is 11.8 Å². The van der Waals surface area contributed by atoms with Crippen LogP contribution < -0.4 is 25.8 Å². The average Bonchev–Trinajstić information content (AvgIpc) is 2.90. The first kappa shape index (κ1) is 33.1. The molecule has 0 aromatic heterocycles. The van der Waals surface area contributed by atoms with Gasteiger partial charge in [-0.1, -0.05) is 57.1 Å². The summed E-state index contributed by atoms with van der Waals surface area (Å²) in [5.74, 6) is -1.64. The fraction of sp³-hybridized carbons (Fsp3) is 0.615. The lowest BCUT2D eigenvalue weighted by molar-refractivity contribution is -0.138. The first-order valence-electron chi connectivity index (χ1n) is 13.6. The molecule has 0 radical (unpaired) electrons. The van der Waals surface area contributed by atoms with Crippen molar-refractivity contribution in [1.82, 2.24) is 21.3 Å². The van der Waals surface area contributed by atoms with Crippen molar-refractivity contribution in [1.29, 1.82) is 0 Å². The van der Waals surface area contributed by atoms with Gasteiger partial charge in [-0.3, -0.25) is 24.2 Å². The van der Waals surface area contributed by atoms with Crippen molar-refractivity contribution >= 4 is 31.6 Å². The first-order valence-corrected chi connectivity index (χ1v) is 15.1. The molecule has 0 aliphatic heterocycles. The molecule has 0 spiro atoms. The largest absolute Gasteiger partial charge is 0.524 e. The maximum absolute atomic E-state index is 13.2. The number of hydrogen-bond donors (Lipinski definition) is 7. The van der Waals surface area contributed by atoms with Crippen LogP contribution in [0, 0.1) is 5.92 Å². The molecule has 2 rings (SSSR count). The van der Waals surface area contributed by atoms with Crippen molar-refractivity contribution in [2.75, 3.05) is 13.6 Å². The fourth-order valence-electron chi connectivity index (χ4n) is 4.68. The molecule has 0 bridgehead atoms. The molecule has 2 atom stereocenters. The van der Waals surface area contributed by atoms with E-state index in [0.29, 0.717) is 12.1 Å². The van der Waals surface area contributed by atoms with Crippen LogP contribution in [-0.2, 0) is 25.4 Å². The normalized spacial score (nSPS) is 15.4. The minimum absolute atomic E-state index is 0.0239. The highest BCUT2D eigenvalue weighted by atomic mass is 31.2. The molecular formula is C26H41N4O9P. The number of carboxylic acid groups (broad SMARTS) is 1. The molecule has 1 aromatic carbocycles. The molecular weight excluding hydrogens is 543 g/mol. The van der Waals surface area contributed by atoms with Crippen LogP contribution in [0.2, 0.25) is 0 Å². The number of aliphatic carboxylic acids is 1. The Labute approximate surface area is 234 Å². The van der Waals surface area contributed by atoms with Gasteiger partial charge >= 0.3 is 19.8 Å². The predicted octanol–water partition coefficient (Wildman–Crippen LogP) is 2.21. The van der Waals surface area contributed by atoms with Gasteiger partial charge in [-0.15, -0.1) is 0 Å². The third-order valence-electron chi connectivity index (χ3n) is 6.78. The number of hydrogen-bond acceptors (Lipinski definition) is 6. The van der Waals surface area contributed by atoms with Gasteiger partial charge in [-0.25, -0.2) is 9.36 Å². The zero-order valence-corrected chi connectivity index (χ0v) is 23.7. The topological polar surface area (TPSA) is 203 Å². The lowest BCUT2D eigenvalue weighted by atomic mass is 9.86. The van der Waals surface area contributed by atoms with Gasteiger partial charge in [0.1, 0.15) is 17.8 Å². The Balaban J connectivity index is 1.99. The van der Waals surface area contributed by atoms with Crippen LogP contribution in [0.5, 0.6) is 5.75 Å². The first-order chi connectivity index (χ1) is 19.0. The van der Waals surface area contributed by atoms with Gasteiger partial charge < -0.3 is 30.9 Å². The SMILES string of the molecule is CNC(=O)NC(Cc1ccc(OP(=O)(O)O)cc1)C(=O)NC(CCC(=O)O)C(=O)NCCCCC1CCCCC1. The summed E-state index contributed by atoms with van der Waals surface area (Å²) in [6, 6.07) is 2.66. The number of benzene rings is 1. The van der Waals surface area contributed by atoms with E-state index < -0.39 is 43.7 Å². The second kappa shape index (κ2) is 16.8. The van der Waals surface area contributed by atoms with Crippen LogP contribution in [0.1, 0.15) is 69.8 Å². The summed E-state index contributed by atoms with van der Waals surface area (Å²) in [5, 5.41) is 19.3. The van der Waals surface area contributed by atoms with Crippen molar-refractivity contribution in [3.8, 4) is 5.75 Å². The van der Waals surface area contributed by atoms with Crippen LogP contribution in [0.4, 0.5) is 4.79 Å². The van der Waals surface area contributed by atoms with E-state index in [1.54, 1.807) is 0 Å². The molecule has 224 valence electrons. The van der Waals surface area contributed by atoms with E-state index in [4.69, 9.17) is 14.9 Å². The summed E-state index contributed by atoms with van der Waals surface area (Å²) >= 11 is 0. The Hall–Kier alpha value is -3.15. The third kappa shape index (κ3) is 13.3. The molecule has 0 heterocycles. The van der Waals surface area contributed by atoms with Crippen molar-refractivity contribution < 1.29 is 43.2 Å². The number of phosphoric acid groups is 1. The fourth-order valence-corrected chi connectivity index (χ4v) is 5.07. The average molecular weight is 585 g/mol. The summed E-state index contributed by atoms with van der Waals surface area (Å²) in [6.07, 6.45) is 8.76. The Morgan fingerprint density at radius 1 is 0.975 bits per heavy atom. The number of amides is 4. The van der Waals surface area contributed by atoms with Crippen LogP contribution in [-0.4, -0.2) is 64.4 Å². The number of carbonyl (C=O) groups excluding carboxylic acids is 3. The number of unbranched alkanes of at least 4 members (excludes halogenated alkanes) is 1. The minimum atomic E-state index is -4.74. The predicted molar refractivity (Wildman–Crippen MR) is 146 cm³/mol. The Morgan fingerprint density at radius 3 is 2.25 bits per heavy atom. The van der Waals surface area contributed by atoms with E-state index in [1.807, 2.05) is 0 Å². The molecule has 1 aromatic rings. The number of urea groups is 1. The summed E-state index contributed by atoms with van der Waals surface area (Å²) in [5.41, 5.74) is 0.527. The molecule has 1 aliphatic rings. The third-order valence-corrected chi connectivity index (χ3v) is 7.23. The van der Waals surface area contributed by atoms with E-state index in [-0.39, 0.29) is 25.0 Å². The summed E-state index contributed by atoms with van der Waals surface area (Å²) in [7, 11) is -3.37. The van der Waals surface area contributed by atoms with Gasteiger partial charge in [-0.2, -0.15) is 0 Å². The zero-order chi connectivity index (χ0) is 29.5. The van der Waals surface area contributed by atoms with Gasteiger partial charge in [0.25, 0.3) is 0 Å². The number of rotatable bonds is 16. The molecule has 7 N–H and O–H groups in total. The quantitative estimate of drug-likeness (QED) is 0.112. The molecule has 1 saturated carbocycles. The Kier molecular flexibility index (Phi) is 13.9. The van der Waals surface area contributed by atoms with Crippen LogP contribution in [0.25, 0.3) is 0 Å². The van der Waals surface area contributed by atoms with E-state index >= 15 is 0 Å². The van der Waals surface area contributed by atoms with Gasteiger partial charge in [0.05, 0.1) is 0 Å². The zero-order valence-electron chi connectivity index (χ0n) is 22.8. The molecule has 13 nitrogen and oxygen atoms in total. The van der Waals surface area contributed by atoms with Crippen LogP contribution >= 0.6 is 7.82 Å². The summed E-state index contributed by atoms with van der Waals surface area (Å²) in [6.45, 7) is 0.411. The number of nitrogens with one attached hydrogen (secondary N) is 4. The number of phosphoric ester groups is 1. The summed E-state index contributed by atoms with van der Waals surface area (Å²) < 4.78 is 15.5. The Morgan fingerprint density at radius 2 is 1.65 bits per heavy atom. The highest BCUT2D eigenvalue weighted by Gasteiger charge is 2.27. The monoisotopic (exact) mass is 584 g/mol. The van der Waals surface area contributed by atoms with Gasteiger partial charge in [0.15, 0.2) is 0 Å². The van der Waals surface area contributed by atoms with Gasteiger partial charge in [0, 0.05) is 26.4 Å². The van der Waals surface area contributed by atoms with E-state index in [0.717, 1.165) is 25.2 Å². The van der Waals surface area contributed by atoms with Crippen molar-refractivity contribution in [3.63, 3.8) is 0 Å². The van der Waals surface area contributed by atoms with Crippen molar-refractivity contribution in [2.24, 2.45) is 5.92 Å². The maximum atomic E-state index is 13.2. The van der Waals surface area contributed by atoms with E-state index in [1.165, 1.54) is 63.4 Å². The maximum Gasteiger partial charge on any atom is 0.524 e. The highest BCUT2D eigenvalue weighted by molar-refractivity contribution is 7.46. The smallest absolute Gasteiger partial charge is 0.481 e. The molecule has 14 heteroatoms. The number of carbonyl (C=O) groups is 4.